The molecule has 0 saturated carbocycles. The lowest BCUT2D eigenvalue weighted by molar-refractivity contribution is 0.00578. The van der Waals surface area contributed by atoms with Crippen molar-refractivity contribution in [2.45, 2.75) is 38.9 Å². The zero-order valence-electron chi connectivity index (χ0n) is 47.5. The Morgan fingerprint density at radius 2 is 0.640 bits per heavy atom. The topological polar surface area (TPSA) is 96.8 Å². The molecule has 16 aromatic rings. The van der Waals surface area contributed by atoms with E-state index >= 15 is 0 Å². The Bertz CT molecular complexity index is 5090. The summed E-state index contributed by atoms with van der Waals surface area (Å²) < 4.78 is 38.5. The molecule has 0 bridgehead atoms. The molecule has 1 fully saturated rings. The Morgan fingerprint density at radius 3 is 1.05 bits per heavy atom. The number of pyridine rings is 2. The van der Waals surface area contributed by atoms with Crippen LogP contribution in [-0.4, -0.2) is 28.3 Å². The summed E-state index contributed by atoms with van der Waals surface area (Å²) in [6.07, 6.45) is 7.38. The molecule has 1 saturated heterocycles. The smallest absolute Gasteiger partial charge is 0.456 e. The number of fused-ring (bicyclic) bond motifs is 12. The summed E-state index contributed by atoms with van der Waals surface area (Å²) in [5, 5.41) is 8.99. The Hall–Kier alpha value is -9.84. The Labute approximate surface area is 504 Å². The van der Waals surface area contributed by atoms with Crippen LogP contribution in [0, 0.1) is 0 Å². The van der Waals surface area contributed by atoms with Crippen LogP contribution in [0.25, 0.3) is 143 Å². The van der Waals surface area contributed by atoms with Gasteiger partial charge in [0.1, 0.15) is 44.7 Å². The van der Waals surface area contributed by atoms with Crippen molar-refractivity contribution in [2.75, 3.05) is 0 Å². The molecular formula is C76H54BBrN2O6. The molecule has 0 aliphatic carbocycles. The molecule has 0 unspecified atom stereocenters. The summed E-state index contributed by atoms with van der Waals surface area (Å²) in [4.78, 5) is 8.62. The fraction of sp³-hybridized carbons (Fsp3) is 0.0789. The van der Waals surface area contributed by atoms with Crippen molar-refractivity contribution >= 4 is 116 Å². The van der Waals surface area contributed by atoms with Crippen molar-refractivity contribution < 1.29 is 27.0 Å². The van der Waals surface area contributed by atoms with E-state index in [1.165, 1.54) is 0 Å². The van der Waals surface area contributed by atoms with Crippen molar-refractivity contribution in [3.8, 4) is 55.6 Å². The summed E-state index contributed by atoms with van der Waals surface area (Å²) in [6.45, 7) is 8.25. The maximum Gasteiger partial charge on any atom is 0.498 e. The maximum atomic E-state index is 6.41. The van der Waals surface area contributed by atoms with E-state index in [0.717, 1.165) is 153 Å². The van der Waals surface area contributed by atoms with Gasteiger partial charge in [-0.1, -0.05) is 174 Å². The molecular weight excluding hydrogens is 1130 g/mol. The highest BCUT2D eigenvalue weighted by atomic mass is 79.9. The number of hydrogen-bond acceptors (Lipinski definition) is 8. The minimum Gasteiger partial charge on any atom is -0.456 e. The fourth-order valence-corrected chi connectivity index (χ4v) is 12.4. The highest BCUT2D eigenvalue weighted by Gasteiger charge is 2.52. The van der Waals surface area contributed by atoms with Gasteiger partial charge in [-0.05, 0) is 128 Å². The lowest BCUT2D eigenvalue weighted by atomic mass is 9.78. The minimum absolute atomic E-state index is 0.355. The van der Waals surface area contributed by atoms with Gasteiger partial charge >= 0.3 is 7.12 Å². The van der Waals surface area contributed by atoms with Gasteiger partial charge < -0.3 is 27.0 Å². The Balaban J connectivity index is 0.000000114. The van der Waals surface area contributed by atoms with Crippen molar-refractivity contribution in [1.82, 2.24) is 9.97 Å². The van der Waals surface area contributed by atoms with Gasteiger partial charge in [0.2, 0.25) is 0 Å². The number of para-hydroxylation sites is 8. The summed E-state index contributed by atoms with van der Waals surface area (Å²) in [7, 11) is -0.408. The standard InChI is InChI=1S/C35H21NO2.C23H14BrNO.C18H19BO3/c1-3-15-32-28(9-1)30-13-5-11-26(34(30)37-32)24-18-23(22-8-7-17-36-21-22)19-25(20-24)27-12-6-14-31-29-10-2-4-16-33(29)38-35(27)31;24-18-12-16(15-5-4-10-25-14-15)11-17(13-18)19-7-3-8-21-20-6-1-2-9-22(20)26-23(19)21;1-17(2)18(3,4)22-19(21-17)14-10-7-9-13-12-8-5-6-11-15(12)20-16(13)14/h1-21H;1-14H;5-11H,1-4H3. The number of aromatic nitrogens is 2. The Kier molecular flexibility index (Phi) is 13.1. The number of nitrogens with zero attached hydrogens (tertiary/aromatic N) is 2. The van der Waals surface area contributed by atoms with Gasteiger partial charge in [-0.15, -0.1) is 0 Å². The van der Waals surface area contributed by atoms with Crippen LogP contribution in [0.2, 0.25) is 0 Å². The predicted octanol–water partition coefficient (Wildman–Crippen LogP) is 20.8. The highest BCUT2D eigenvalue weighted by molar-refractivity contribution is 9.10. The summed E-state index contributed by atoms with van der Waals surface area (Å²) in [6, 6.07) is 79.1. The lowest BCUT2D eigenvalue weighted by Gasteiger charge is -2.32. The average Bonchev–Trinajstić information content (AvgIpc) is 2.10. The molecule has 0 N–H and O–H groups in total. The van der Waals surface area contributed by atoms with Crippen LogP contribution in [0.1, 0.15) is 27.7 Å². The van der Waals surface area contributed by atoms with Gasteiger partial charge in [0.15, 0.2) is 0 Å². The van der Waals surface area contributed by atoms with Gasteiger partial charge in [0, 0.05) is 106 Å². The molecule has 0 radical (unpaired) electrons. The first-order valence-corrected chi connectivity index (χ1v) is 29.6. The van der Waals surface area contributed by atoms with Crippen LogP contribution in [0.15, 0.2) is 277 Å². The molecule has 0 atom stereocenters. The molecule has 17 rings (SSSR count). The van der Waals surface area contributed by atoms with Crippen LogP contribution in [0.4, 0.5) is 0 Å². The third-order valence-electron chi connectivity index (χ3n) is 16.9. The van der Waals surface area contributed by atoms with E-state index in [1.807, 2.05) is 97.3 Å². The third kappa shape index (κ3) is 9.43. The van der Waals surface area contributed by atoms with Gasteiger partial charge in [-0.2, -0.15) is 0 Å². The Morgan fingerprint density at radius 1 is 0.314 bits per heavy atom. The number of benzene rings is 10. The average molecular weight is 1180 g/mol. The van der Waals surface area contributed by atoms with Gasteiger partial charge in [-0.25, -0.2) is 0 Å². The fourth-order valence-electron chi connectivity index (χ4n) is 11.9. The van der Waals surface area contributed by atoms with Crippen LogP contribution < -0.4 is 5.46 Å². The molecule has 0 amide bonds. The second-order valence-electron chi connectivity index (χ2n) is 22.8. The van der Waals surface area contributed by atoms with Crippen molar-refractivity contribution in [3.05, 3.63) is 260 Å². The van der Waals surface area contributed by atoms with Crippen molar-refractivity contribution in [3.63, 3.8) is 0 Å². The molecule has 414 valence electrons. The second kappa shape index (κ2) is 21.3. The molecule has 86 heavy (non-hydrogen) atoms. The van der Waals surface area contributed by atoms with Gasteiger partial charge in [0.05, 0.1) is 11.2 Å². The first kappa shape index (κ1) is 52.9. The first-order chi connectivity index (χ1) is 42.0. The van der Waals surface area contributed by atoms with Gasteiger partial charge in [0.25, 0.3) is 0 Å². The summed E-state index contributed by atoms with van der Waals surface area (Å²) in [5.41, 5.74) is 18.2. The van der Waals surface area contributed by atoms with Crippen LogP contribution in [0.5, 0.6) is 0 Å². The SMILES string of the molecule is Brc1cc(-c2cccnc2)cc(-c2cccc3c2oc2ccccc23)c1.CC1(C)OB(c2cccc3c2oc2ccccc23)OC1(C)C.c1cncc(-c2cc(-c3cccc4c3oc3ccccc34)cc(-c3cccc4c3oc3ccccc34)c2)c1. The van der Waals surface area contributed by atoms with Crippen molar-refractivity contribution in [2.24, 2.45) is 0 Å². The quantitative estimate of drug-likeness (QED) is 0.152. The highest BCUT2D eigenvalue weighted by Crippen LogP contribution is 2.44. The van der Waals surface area contributed by atoms with E-state index in [2.05, 4.69) is 199 Å². The zero-order chi connectivity index (χ0) is 58.1. The monoisotopic (exact) mass is 1180 g/mol. The molecule has 6 aromatic heterocycles. The largest absolute Gasteiger partial charge is 0.498 e. The van der Waals surface area contributed by atoms with Crippen LogP contribution in [-0.2, 0) is 9.31 Å². The van der Waals surface area contributed by atoms with Crippen LogP contribution in [0.3, 0.4) is 0 Å². The zero-order valence-corrected chi connectivity index (χ0v) is 49.1. The van der Waals surface area contributed by atoms with Gasteiger partial charge in [-0.3, -0.25) is 9.97 Å². The third-order valence-corrected chi connectivity index (χ3v) is 17.4. The normalized spacial score (nSPS) is 13.7. The van der Waals surface area contributed by atoms with Crippen molar-refractivity contribution in [1.29, 1.82) is 0 Å². The number of halogens is 1. The molecule has 1 aliphatic heterocycles. The maximum absolute atomic E-state index is 6.41. The van der Waals surface area contributed by atoms with Crippen LogP contribution >= 0.6 is 15.9 Å². The molecule has 10 aromatic carbocycles. The van der Waals surface area contributed by atoms with E-state index in [-0.39, 0.29) is 11.2 Å². The molecule has 0 spiro atoms. The second-order valence-corrected chi connectivity index (χ2v) is 23.7. The number of rotatable bonds is 6. The number of furan rings is 4. The summed E-state index contributed by atoms with van der Waals surface area (Å²) in [5.74, 6) is 0. The van der Waals surface area contributed by atoms with E-state index in [1.54, 1.807) is 12.4 Å². The first-order valence-electron chi connectivity index (χ1n) is 28.8. The molecule has 7 heterocycles. The molecule has 1 aliphatic rings. The molecule has 10 heteroatoms. The lowest BCUT2D eigenvalue weighted by Crippen LogP contribution is -2.41. The van der Waals surface area contributed by atoms with E-state index < -0.39 is 7.12 Å². The number of hydrogen-bond donors (Lipinski definition) is 0. The minimum atomic E-state index is -0.408. The predicted molar refractivity (Wildman–Crippen MR) is 355 cm³/mol. The van der Waals surface area contributed by atoms with E-state index in [4.69, 9.17) is 27.0 Å². The van der Waals surface area contributed by atoms with E-state index in [0.29, 0.717) is 0 Å². The molecule has 8 nitrogen and oxygen atoms in total. The summed E-state index contributed by atoms with van der Waals surface area (Å²) >= 11 is 3.66. The van der Waals surface area contributed by atoms with E-state index in [9.17, 15) is 0 Å².